The number of nitrogens with one attached hydrogen (secondary N) is 1. The van der Waals surface area contributed by atoms with E-state index in [1.807, 2.05) is 11.9 Å². The lowest BCUT2D eigenvalue weighted by Gasteiger charge is -2.16. The number of aryl methyl sites for hydroxylation is 1. The van der Waals surface area contributed by atoms with Crippen LogP contribution < -0.4 is 5.32 Å². The SMILES string of the molecule is CNCC1CCN(C(=O)Cc2ccc(C)s2)C1.Cl. The number of hydrogen-bond acceptors (Lipinski definition) is 3. The summed E-state index contributed by atoms with van der Waals surface area (Å²) < 4.78 is 0. The lowest BCUT2D eigenvalue weighted by atomic mass is 10.1. The Morgan fingerprint density at radius 2 is 2.33 bits per heavy atom. The Morgan fingerprint density at radius 1 is 1.56 bits per heavy atom. The van der Waals surface area contributed by atoms with Crippen LogP contribution in [0, 0.1) is 12.8 Å². The Kier molecular flexibility index (Phi) is 6.12. The zero-order valence-electron chi connectivity index (χ0n) is 10.9. The second kappa shape index (κ2) is 7.12. The molecule has 0 spiro atoms. The maximum absolute atomic E-state index is 12.1. The minimum absolute atomic E-state index is 0. The van der Waals surface area contributed by atoms with E-state index in [4.69, 9.17) is 0 Å². The Hall–Kier alpha value is -0.580. The van der Waals surface area contributed by atoms with Gasteiger partial charge in [-0.15, -0.1) is 23.7 Å². The molecular weight excluding hydrogens is 268 g/mol. The maximum Gasteiger partial charge on any atom is 0.227 e. The van der Waals surface area contributed by atoms with Crippen LogP contribution in [0.1, 0.15) is 16.2 Å². The summed E-state index contributed by atoms with van der Waals surface area (Å²) in [6, 6.07) is 4.15. The van der Waals surface area contributed by atoms with E-state index in [1.54, 1.807) is 11.3 Å². The minimum atomic E-state index is 0. The molecule has 0 aliphatic carbocycles. The van der Waals surface area contributed by atoms with Crippen LogP contribution in [-0.2, 0) is 11.2 Å². The number of halogens is 1. The van der Waals surface area contributed by atoms with Gasteiger partial charge in [-0.2, -0.15) is 0 Å². The summed E-state index contributed by atoms with van der Waals surface area (Å²) in [7, 11) is 1.97. The van der Waals surface area contributed by atoms with Gasteiger partial charge in [-0.1, -0.05) is 0 Å². The van der Waals surface area contributed by atoms with Gasteiger partial charge in [-0.3, -0.25) is 4.79 Å². The number of rotatable bonds is 4. The second-order valence-corrected chi connectivity index (χ2v) is 6.11. The highest BCUT2D eigenvalue weighted by Crippen LogP contribution is 2.20. The van der Waals surface area contributed by atoms with Crippen LogP contribution in [0.2, 0.25) is 0 Å². The first-order chi connectivity index (χ1) is 8.19. The molecule has 0 bridgehead atoms. The fraction of sp³-hybridized carbons (Fsp3) is 0.615. The highest BCUT2D eigenvalue weighted by molar-refractivity contribution is 7.12. The molecule has 0 aromatic carbocycles. The largest absolute Gasteiger partial charge is 0.342 e. The highest BCUT2D eigenvalue weighted by Gasteiger charge is 2.25. The fourth-order valence-corrected chi connectivity index (χ4v) is 3.24. The molecule has 1 saturated heterocycles. The topological polar surface area (TPSA) is 32.3 Å². The van der Waals surface area contributed by atoms with Crippen molar-refractivity contribution in [2.75, 3.05) is 26.7 Å². The third kappa shape index (κ3) is 3.97. The van der Waals surface area contributed by atoms with Crippen LogP contribution in [0.25, 0.3) is 0 Å². The maximum atomic E-state index is 12.1. The number of carbonyl (C=O) groups excluding carboxylic acids is 1. The molecule has 1 fully saturated rings. The summed E-state index contributed by atoms with van der Waals surface area (Å²) in [6.45, 7) is 4.94. The van der Waals surface area contributed by atoms with E-state index >= 15 is 0 Å². The third-order valence-electron chi connectivity index (χ3n) is 3.25. The summed E-state index contributed by atoms with van der Waals surface area (Å²) >= 11 is 1.73. The number of amides is 1. The lowest BCUT2D eigenvalue weighted by Crippen LogP contribution is -2.31. The van der Waals surface area contributed by atoms with E-state index in [9.17, 15) is 4.79 Å². The Balaban J connectivity index is 0.00000162. The van der Waals surface area contributed by atoms with Crippen LogP contribution in [0.5, 0.6) is 0 Å². The zero-order valence-corrected chi connectivity index (χ0v) is 12.6. The predicted molar refractivity (Wildman–Crippen MR) is 78.6 cm³/mol. The smallest absolute Gasteiger partial charge is 0.227 e. The van der Waals surface area contributed by atoms with Crippen molar-refractivity contribution >= 4 is 29.7 Å². The summed E-state index contributed by atoms with van der Waals surface area (Å²) in [4.78, 5) is 16.6. The van der Waals surface area contributed by atoms with E-state index in [0.29, 0.717) is 12.3 Å². The van der Waals surface area contributed by atoms with Gasteiger partial charge in [0.2, 0.25) is 5.91 Å². The third-order valence-corrected chi connectivity index (χ3v) is 4.25. The molecule has 1 atom stereocenters. The molecular formula is C13H21ClN2OS. The molecule has 2 rings (SSSR count). The number of likely N-dealkylation sites (tertiary alicyclic amines) is 1. The summed E-state index contributed by atoms with van der Waals surface area (Å²) in [5.41, 5.74) is 0. The molecule has 0 saturated carbocycles. The summed E-state index contributed by atoms with van der Waals surface area (Å²) in [6.07, 6.45) is 1.71. The Bertz CT molecular complexity index is 394. The standard InChI is InChI=1S/C13H20N2OS.ClH/c1-10-3-4-12(17-10)7-13(16)15-6-5-11(9-15)8-14-2;/h3-4,11,14H,5-9H2,1-2H3;1H. The average Bonchev–Trinajstić information content (AvgIpc) is 2.88. The average molecular weight is 289 g/mol. The molecule has 1 unspecified atom stereocenters. The van der Waals surface area contributed by atoms with Crippen molar-refractivity contribution < 1.29 is 4.79 Å². The first-order valence-corrected chi connectivity index (χ1v) is 6.98. The second-order valence-electron chi connectivity index (χ2n) is 4.74. The van der Waals surface area contributed by atoms with Crippen LogP contribution in [0.3, 0.4) is 0 Å². The van der Waals surface area contributed by atoms with Crippen LogP contribution in [-0.4, -0.2) is 37.5 Å². The first kappa shape index (κ1) is 15.5. The van der Waals surface area contributed by atoms with E-state index in [0.717, 1.165) is 26.1 Å². The molecule has 1 amide bonds. The van der Waals surface area contributed by atoms with Crippen molar-refractivity contribution in [1.82, 2.24) is 10.2 Å². The van der Waals surface area contributed by atoms with Crippen molar-refractivity contribution in [3.05, 3.63) is 21.9 Å². The molecule has 1 aromatic rings. The van der Waals surface area contributed by atoms with Gasteiger partial charge >= 0.3 is 0 Å². The van der Waals surface area contributed by atoms with Crippen molar-refractivity contribution in [2.45, 2.75) is 19.8 Å². The van der Waals surface area contributed by atoms with Crippen molar-refractivity contribution in [3.63, 3.8) is 0 Å². The van der Waals surface area contributed by atoms with Gasteiger partial charge in [0, 0.05) is 22.8 Å². The van der Waals surface area contributed by atoms with E-state index in [1.165, 1.54) is 9.75 Å². The highest BCUT2D eigenvalue weighted by atomic mass is 35.5. The van der Waals surface area contributed by atoms with Gasteiger partial charge in [0.25, 0.3) is 0 Å². The molecule has 1 aliphatic heterocycles. The van der Waals surface area contributed by atoms with Gasteiger partial charge in [0.15, 0.2) is 0 Å². The molecule has 3 nitrogen and oxygen atoms in total. The van der Waals surface area contributed by atoms with Gasteiger partial charge in [0.05, 0.1) is 6.42 Å². The summed E-state index contributed by atoms with van der Waals surface area (Å²) in [5.74, 6) is 0.916. The molecule has 2 heterocycles. The molecule has 0 radical (unpaired) electrons. The van der Waals surface area contributed by atoms with E-state index in [-0.39, 0.29) is 18.3 Å². The molecule has 1 N–H and O–H groups in total. The van der Waals surface area contributed by atoms with Crippen molar-refractivity contribution in [1.29, 1.82) is 0 Å². The number of carbonyl (C=O) groups is 1. The molecule has 18 heavy (non-hydrogen) atoms. The Labute approximate surface area is 119 Å². The van der Waals surface area contributed by atoms with Gasteiger partial charge < -0.3 is 10.2 Å². The molecule has 5 heteroatoms. The van der Waals surface area contributed by atoms with Crippen LogP contribution in [0.4, 0.5) is 0 Å². The minimum Gasteiger partial charge on any atom is -0.342 e. The number of thiophene rings is 1. The van der Waals surface area contributed by atoms with Crippen molar-refractivity contribution in [3.8, 4) is 0 Å². The molecule has 1 aromatic heterocycles. The quantitative estimate of drug-likeness (QED) is 0.920. The lowest BCUT2D eigenvalue weighted by molar-refractivity contribution is -0.129. The fourth-order valence-electron chi connectivity index (χ4n) is 2.36. The monoisotopic (exact) mass is 288 g/mol. The summed E-state index contributed by atoms with van der Waals surface area (Å²) in [5, 5.41) is 3.19. The Morgan fingerprint density at radius 3 is 2.94 bits per heavy atom. The number of hydrogen-bond donors (Lipinski definition) is 1. The molecule has 1 aliphatic rings. The molecule has 102 valence electrons. The van der Waals surface area contributed by atoms with Gasteiger partial charge in [0.1, 0.15) is 0 Å². The first-order valence-electron chi connectivity index (χ1n) is 6.16. The van der Waals surface area contributed by atoms with Gasteiger partial charge in [-0.25, -0.2) is 0 Å². The van der Waals surface area contributed by atoms with Crippen LogP contribution >= 0.6 is 23.7 Å². The van der Waals surface area contributed by atoms with E-state index < -0.39 is 0 Å². The normalized spacial score (nSPS) is 18.8. The van der Waals surface area contributed by atoms with Crippen molar-refractivity contribution in [2.24, 2.45) is 5.92 Å². The van der Waals surface area contributed by atoms with E-state index in [2.05, 4.69) is 24.4 Å². The number of nitrogens with zero attached hydrogens (tertiary/aromatic N) is 1. The van der Waals surface area contributed by atoms with Crippen LogP contribution in [0.15, 0.2) is 12.1 Å². The zero-order chi connectivity index (χ0) is 12.3. The van der Waals surface area contributed by atoms with Gasteiger partial charge in [-0.05, 0) is 45.0 Å². The predicted octanol–water partition coefficient (Wildman–Crippen LogP) is 2.09.